The first-order valence-corrected chi connectivity index (χ1v) is 10.9. The number of hydrogen-bond donors (Lipinski definition) is 0. The monoisotopic (exact) mass is 521 g/mol. The third-order valence-corrected chi connectivity index (χ3v) is 5.65. The predicted octanol–water partition coefficient (Wildman–Crippen LogP) is 2.42. The van der Waals surface area contributed by atoms with Crippen molar-refractivity contribution in [2.24, 2.45) is 0 Å². The summed E-state index contributed by atoms with van der Waals surface area (Å²) in [6.07, 6.45) is 5.32. The molecule has 2 aromatic heterocycles. The van der Waals surface area contributed by atoms with Gasteiger partial charge in [0.25, 0.3) is 0 Å². The van der Waals surface area contributed by atoms with Crippen molar-refractivity contribution >= 4 is 33.4 Å². The summed E-state index contributed by atoms with van der Waals surface area (Å²) in [5, 5.41) is 1.53. The minimum absolute atomic E-state index is 0. The molecule has 33 heavy (non-hydrogen) atoms. The largest absolute Gasteiger partial charge is 1.00 e. The fourth-order valence-electron chi connectivity index (χ4n) is 3.29. The van der Waals surface area contributed by atoms with Gasteiger partial charge in [-0.05, 0) is 53.5 Å². The molecule has 0 saturated heterocycles. The van der Waals surface area contributed by atoms with Gasteiger partial charge in [0.2, 0.25) is 18.2 Å². The number of carbonyl (C=O) groups is 2. The molecule has 2 aromatic carbocycles. The lowest BCUT2D eigenvalue weighted by molar-refractivity contribution is -0.674. The summed E-state index contributed by atoms with van der Waals surface area (Å²) in [6.45, 7) is 3.53. The molecule has 0 aliphatic rings. The van der Waals surface area contributed by atoms with Crippen molar-refractivity contribution < 1.29 is 26.7 Å². The number of hydrogen-bond acceptors (Lipinski definition) is 3. The molecule has 0 fully saturated rings. The average Bonchev–Trinajstić information content (AvgIpc) is 2.81. The molecule has 0 N–H and O–H groups in total. The maximum atomic E-state index is 13.5. The van der Waals surface area contributed by atoms with E-state index < -0.39 is 0 Å². The Balaban J connectivity index is 0.00000306. The van der Waals surface area contributed by atoms with Crippen LogP contribution in [0.4, 0.5) is 5.82 Å². The summed E-state index contributed by atoms with van der Waals surface area (Å²) in [7, 11) is 0. The molecule has 5 nitrogen and oxygen atoms in total. The summed E-state index contributed by atoms with van der Waals surface area (Å²) >= 11 is 3.61. The molecule has 0 saturated carbocycles. The van der Waals surface area contributed by atoms with Gasteiger partial charge >= 0.3 is 5.91 Å². The predicted molar refractivity (Wildman–Crippen MR) is 127 cm³/mol. The van der Waals surface area contributed by atoms with Gasteiger partial charge in [-0.25, -0.2) is 4.98 Å². The maximum Gasteiger partial charge on any atom is 0.316 e. The van der Waals surface area contributed by atoms with Crippen molar-refractivity contribution in [3.05, 3.63) is 113 Å². The van der Waals surface area contributed by atoms with Gasteiger partial charge in [-0.3, -0.25) is 9.59 Å². The first kappa shape index (κ1) is 24.3. The number of aromatic nitrogens is 2. The molecule has 0 bridgehead atoms. The van der Waals surface area contributed by atoms with E-state index in [-0.39, 0.29) is 24.1 Å². The molecular weight excluding hydrogens is 502 g/mol. The van der Waals surface area contributed by atoms with Crippen LogP contribution in [0.25, 0.3) is 11.1 Å². The van der Waals surface area contributed by atoms with E-state index in [0.29, 0.717) is 21.4 Å². The Bertz CT molecular complexity index is 1280. The van der Waals surface area contributed by atoms with Crippen LogP contribution in [0.2, 0.25) is 0 Å². The number of ketones is 1. The number of anilines is 1. The third-order valence-electron chi connectivity index (χ3n) is 5.07. The molecule has 1 amide bonds. The van der Waals surface area contributed by atoms with Gasteiger partial charge in [0.05, 0.1) is 4.47 Å². The Morgan fingerprint density at radius 2 is 1.48 bits per heavy atom. The minimum Gasteiger partial charge on any atom is -1.00 e. The van der Waals surface area contributed by atoms with Crippen molar-refractivity contribution in [1.82, 2.24) is 4.98 Å². The lowest BCUT2D eigenvalue weighted by Crippen LogP contribution is -3.00. The smallest absolute Gasteiger partial charge is 0.316 e. The van der Waals surface area contributed by atoms with Crippen molar-refractivity contribution in [3.63, 3.8) is 0 Å². The van der Waals surface area contributed by atoms with E-state index in [2.05, 4.69) is 20.9 Å². The van der Waals surface area contributed by atoms with Crippen molar-refractivity contribution in [1.29, 1.82) is 0 Å². The van der Waals surface area contributed by atoms with E-state index in [1.54, 1.807) is 42.3 Å². The second-order valence-corrected chi connectivity index (χ2v) is 8.26. The normalized spacial score (nSPS) is 10.3. The van der Waals surface area contributed by atoms with Crippen LogP contribution in [-0.4, -0.2) is 16.7 Å². The fraction of sp³-hybridized carbons (Fsp3) is 0.0769. The second kappa shape index (κ2) is 10.5. The Hall–Kier alpha value is -3.35. The Kier molecular flexibility index (Phi) is 7.74. The first-order valence-electron chi connectivity index (χ1n) is 10.1. The summed E-state index contributed by atoms with van der Waals surface area (Å²) in [5.74, 6) is 0.292. The fourth-order valence-corrected chi connectivity index (χ4v) is 3.81. The van der Waals surface area contributed by atoms with Gasteiger partial charge in [-0.2, -0.15) is 0 Å². The number of aryl methyl sites for hydroxylation is 1. The van der Waals surface area contributed by atoms with E-state index >= 15 is 0 Å². The van der Waals surface area contributed by atoms with Gasteiger partial charge in [0, 0.05) is 35.0 Å². The Morgan fingerprint density at radius 1 is 0.879 bits per heavy atom. The third kappa shape index (κ3) is 5.35. The van der Waals surface area contributed by atoms with Crippen LogP contribution in [0.1, 0.15) is 33.2 Å². The lowest BCUT2D eigenvalue weighted by Gasteiger charge is -2.17. The topological polar surface area (TPSA) is 54.2 Å². The first-order chi connectivity index (χ1) is 15.4. The van der Waals surface area contributed by atoms with E-state index in [9.17, 15) is 9.59 Å². The summed E-state index contributed by atoms with van der Waals surface area (Å²) < 4.78 is 2.37. The molecule has 0 aliphatic heterocycles. The van der Waals surface area contributed by atoms with Gasteiger partial charge in [0.15, 0.2) is 5.78 Å². The van der Waals surface area contributed by atoms with Crippen LogP contribution in [0.3, 0.4) is 0 Å². The second-order valence-electron chi connectivity index (χ2n) is 7.40. The molecule has 2 heterocycles. The van der Waals surface area contributed by atoms with Crippen molar-refractivity contribution in [2.45, 2.75) is 13.8 Å². The summed E-state index contributed by atoms with van der Waals surface area (Å²) in [4.78, 5) is 29.6. The highest BCUT2D eigenvalue weighted by Crippen LogP contribution is 2.29. The van der Waals surface area contributed by atoms with E-state index in [1.807, 2.05) is 67.6 Å². The number of nitrogens with zero attached hydrogens (tertiary/aromatic N) is 3. The zero-order valence-electron chi connectivity index (χ0n) is 18.1. The minimum atomic E-state index is -0.201. The SMILES string of the molecule is CC(=O)c1ccc(-c2cnc(N(C(=O)c3ccc(C)cc3)[n+]3ccccc3)c(Br)c2)cc1.[Cl-]. The quantitative estimate of drug-likeness (QED) is 0.299. The van der Waals surface area contributed by atoms with Crippen molar-refractivity contribution in [2.75, 3.05) is 5.01 Å². The number of pyridine rings is 2. The lowest BCUT2D eigenvalue weighted by atomic mass is 10.0. The number of amides is 1. The molecule has 4 aromatic rings. The molecule has 4 rings (SSSR count). The van der Waals surface area contributed by atoms with E-state index in [4.69, 9.17) is 0 Å². The van der Waals surface area contributed by atoms with Crippen LogP contribution >= 0.6 is 15.9 Å². The zero-order chi connectivity index (χ0) is 22.7. The van der Waals surface area contributed by atoms with Crippen LogP contribution < -0.4 is 22.1 Å². The summed E-state index contributed by atoms with van der Waals surface area (Å²) in [5.41, 5.74) is 4.10. The van der Waals surface area contributed by atoms with Crippen molar-refractivity contribution in [3.8, 4) is 11.1 Å². The zero-order valence-corrected chi connectivity index (χ0v) is 20.4. The van der Waals surface area contributed by atoms with Crippen LogP contribution in [0, 0.1) is 6.92 Å². The Morgan fingerprint density at radius 3 is 2.06 bits per heavy atom. The molecule has 0 spiro atoms. The van der Waals surface area contributed by atoms with Gasteiger partial charge < -0.3 is 12.4 Å². The van der Waals surface area contributed by atoms with Gasteiger partial charge in [0.1, 0.15) is 0 Å². The van der Waals surface area contributed by atoms with Gasteiger partial charge in [-0.1, -0.05) is 57.7 Å². The van der Waals surface area contributed by atoms with Crippen LogP contribution in [0.5, 0.6) is 0 Å². The summed E-state index contributed by atoms with van der Waals surface area (Å²) in [6, 6.07) is 22.4. The molecule has 7 heteroatoms. The molecular formula is C26H21BrClN3O2. The Labute approximate surface area is 207 Å². The number of rotatable bonds is 5. The van der Waals surface area contributed by atoms with Crippen LogP contribution in [-0.2, 0) is 0 Å². The average molecular weight is 523 g/mol. The number of Topliss-reactive ketones (excluding diaryl/α,β-unsaturated/α-hetero) is 1. The molecule has 0 aliphatic carbocycles. The number of carbonyl (C=O) groups excluding carboxylic acids is 2. The molecule has 0 unspecified atom stereocenters. The molecule has 0 atom stereocenters. The van der Waals surface area contributed by atoms with E-state index in [0.717, 1.165) is 16.7 Å². The highest BCUT2D eigenvalue weighted by molar-refractivity contribution is 9.10. The highest BCUT2D eigenvalue weighted by atomic mass is 79.9. The number of benzene rings is 2. The molecule has 0 radical (unpaired) electrons. The number of halogens is 2. The standard InChI is InChI=1S/C26H21BrN3O2.ClH/c1-18-6-8-22(9-7-18)26(32)30(29-14-4-3-5-15-29)25-24(27)16-23(17-28-25)21-12-10-20(11-13-21)19(2)31;/h3-17H,1-2H3;1H/q+1;/p-1. The maximum absolute atomic E-state index is 13.5. The van der Waals surface area contributed by atoms with E-state index in [1.165, 1.54) is 5.01 Å². The van der Waals surface area contributed by atoms with Crippen LogP contribution in [0.15, 0.2) is 95.9 Å². The van der Waals surface area contributed by atoms with Gasteiger partial charge in [-0.15, -0.1) is 0 Å². The molecule has 166 valence electrons. The highest BCUT2D eigenvalue weighted by Gasteiger charge is 2.29.